The van der Waals surface area contributed by atoms with Crippen LogP contribution in [-0.2, 0) is 0 Å². The molecule has 0 saturated heterocycles. The van der Waals surface area contributed by atoms with Crippen LogP contribution in [0, 0.1) is 0 Å². The van der Waals surface area contributed by atoms with E-state index in [4.69, 9.17) is 5.73 Å². The van der Waals surface area contributed by atoms with Gasteiger partial charge in [-0.05, 0) is 32.1 Å². The van der Waals surface area contributed by atoms with Crippen molar-refractivity contribution in [3.63, 3.8) is 0 Å². The van der Waals surface area contributed by atoms with Crippen LogP contribution in [0.25, 0.3) is 0 Å². The molecule has 1 fully saturated rings. The molecular weight excluding hydrogens is 214 g/mol. The number of thioether (sulfide) groups is 1. The van der Waals surface area contributed by atoms with Gasteiger partial charge in [0.2, 0.25) is 0 Å². The number of hydrogen-bond acceptors (Lipinski definition) is 2. The highest BCUT2D eigenvalue weighted by molar-refractivity contribution is 7.99. The van der Waals surface area contributed by atoms with Crippen molar-refractivity contribution in [2.24, 2.45) is 5.73 Å². The Hall–Kier alpha value is 0.0500. The number of hydrogen-bond donors (Lipinski definition) is 1. The summed E-state index contributed by atoms with van der Waals surface area (Å²) in [5.74, 6) is 1.17. The molecule has 0 aromatic carbocycles. The van der Waals surface area contributed by atoms with E-state index < -0.39 is 0 Å². The average Bonchev–Trinajstić information content (AvgIpc) is 2.79. The van der Waals surface area contributed by atoms with Gasteiger partial charge in [-0.3, -0.25) is 0 Å². The minimum absolute atomic E-state index is 0.425. The topological polar surface area (TPSA) is 26.0 Å². The van der Waals surface area contributed by atoms with Crippen molar-refractivity contribution in [1.82, 2.24) is 0 Å². The Morgan fingerprint density at radius 3 is 2.69 bits per heavy atom. The van der Waals surface area contributed by atoms with Crippen molar-refractivity contribution in [2.75, 3.05) is 5.75 Å². The zero-order valence-corrected chi connectivity index (χ0v) is 11.3. The SMILES string of the molecule is C=CCCCCCC(N)CSC1CCCC1. The van der Waals surface area contributed by atoms with E-state index >= 15 is 0 Å². The van der Waals surface area contributed by atoms with E-state index in [1.54, 1.807) is 0 Å². The average molecular weight is 241 g/mol. The molecule has 1 aliphatic carbocycles. The van der Waals surface area contributed by atoms with E-state index in [2.05, 4.69) is 18.3 Å². The van der Waals surface area contributed by atoms with E-state index in [0.29, 0.717) is 6.04 Å². The second kappa shape index (κ2) is 9.12. The lowest BCUT2D eigenvalue weighted by molar-refractivity contribution is 0.586. The fraction of sp³-hybridized carbons (Fsp3) is 0.857. The first-order valence-corrected chi connectivity index (χ1v) is 7.86. The Kier molecular flexibility index (Phi) is 8.04. The minimum atomic E-state index is 0.425. The first kappa shape index (κ1) is 14.1. The number of allylic oxidation sites excluding steroid dienone is 1. The number of rotatable bonds is 9. The smallest absolute Gasteiger partial charge is 0.0130 e. The van der Waals surface area contributed by atoms with Gasteiger partial charge in [-0.15, -0.1) is 6.58 Å². The van der Waals surface area contributed by atoms with E-state index in [-0.39, 0.29) is 0 Å². The highest BCUT2D eigenvalue weighted by Gasteiger charge is 2.16. The number of unbranched alkanes of at least 4 members (excludes halogenated alkanes) is 3. The molecule has 0 heterocycles. The van der Waals surface area contributed by atoms with Gasteiger partial charge in [-0.2, -0.15) is 11.8 Å². The standard InChI is InChI=1S/C14H27NS/c1-2-3-4-5-6-9-13(15)12-16-14-10-7-8-11-14/h2,13-14H,1,3-12,15H2. The molecule has 0 amide bonds. The Morgan fingerprint density at radius 2 is 2.00 bits per heavy atom. The molecule has 1 saturated carbocycles. The lowest BCUT2D eigenvalue weighted by Crippen LogP contribution is -2.23. The molecule has 1 unspecified atom stereocenters. The molecule has 94 valence electrons. The molecule has 0 aromatic heterocycles. The Balaban J connectivity index is 1.89. The first-order chi connectivity index (χ1) is 7.83. The summed E-state index contributed by atoms with van der Waals surface area (Å²) in [6.45, 7) is 3.74. The molecule has 0 aliphatic heterocycles. The van der Waals surface area contributed by atoms with Gasteiger partial charge in [0.05, 0.1) is 0 Å². The maximum atomic E-state index is 6.13. The van der Waals surface area contributed by atoms with Gasteiger partial charge in [0, 0.05) is 17.0 Å². The maximum absolute atomic E-state index is 6.13. The Morgan fingerprint density at radius 1 is 1.25 bits per heavy atom. The van der Waals surface area contributed by atoms with Crippen LogP contribution in [-0.4, -0.2) is 17.0 Å². The third-order valence-corrected chi connectivity index (χ3v) is 4.89. The normalized spacial score (nSPS) is 18.8. The largest absolute Gasteiger partial charge is 0.327 e. The zero-order valence-electron chi connectivity index (χ0n) is 10.5. The van der Waals surface area contributed by atoms with Crippen LogP contribution in [0.5, 0.6) is 0 Å². The third kappa shape index (κ3) is 6.59. The second-order valence-corrected chi connectivity index (χ2v) is 6.26. The molecule has 0 bridgehead atoms. The summed E-state index contributed by atoms with van der Waals surface area (Å²) in [5.41, 5.74) is 6.13. The summed E-state index contributed by atoms with van der Waals surface area (Å²) in [5, 5.41) is 0.923. The van der Waals surface area contributed by atoms with Gasteiger partial charge >= 0.3 is 0 Å². The fourth-order valence-corrected chi connectivity index (χ4v) is 3.62. The van der Waals surface area contributed by atoms with Gasteiger partial charge in [0.25, 0.3) is 0 Å². The molecule has 1 aliphatic rings. The Bertz CT molecular complexity index is 176. The molecule has 0 radical (unpaired) electrons. The molecule has 16 heavy (non-hydrogen) atoms. The summed E-state index contributed by atoms with van der Waals surface area (Å²) < 4.78 is 0. The Labute approximate surface area is 105 Å². The zero-order chi connectivity index (χ0) is 11.6. The summed E-state index contributed by atoms with van der Waals surface area (Å²) in [6, 6.07) is 0.425. The summed E-state index contributed by atoms with van der Waals surface area (Å²) in [7, 11) is 0. The van der Waals surface area contributed by atoms with Crippen molar-refractivity contribution < 1.29 is 0 Å². The van der Waals surface area contributed by atoms with Crippen molar-refractivity contribution in [3.05, 3.63) is 12.7 Å². The van der Waals surface area contributed by atoms with Gasteiger partial charge in [-0.1, -0.05) is 31.8 Å². The number of nitrogens with two attached hydrogens (primary N) is 1. The van der Waals surface area contributed by atoms with Crippen LogP contribution >= 0.6 is 11.8 Å². The predicted octanol–water partition coefficient (Wildman–Crippen LogP) is 4.13. The van der Waals surface area contributed by atoms with Crippen molar-refractivity contribution >= 4 is 11.8 Å². The van der Waals surface area contributed by atoms with Crippen LogP contribution in [0.4, 0.5) is 0 Å². The van der Waals surface area contributed by atoms with Crippen LogP contribution < -0.4 is 5.73 Å². The van der Waals surface area contributed by atoms with Crippen LogP contribution in [0.3, 0.4) is 0 Å². The van der Waals surface area contributed by atoms with E-state index in [0.717, 1.165) is 11.7 Å². The lowest BCUT2D eigenvalue weighted by atomic mass is 10.1. The maximum Gasteiger partial charge on any atom is 0.0130 e. The molecule has 1 atom stereocenters. The van der Waals surface area contributed by atoms with E-state index in [1.165, 1.54) is 57.1 Å². The molecule has 2 N–H and O–H groups in total. The highest BCUT2D eigenvalue weighted by Crippen LogP contribution is 2.29. The molecule has 1 rings (SSSR count). The monoisotopic (exact) mass is 241 g/mol. The molecule has 0 aromatic rings. The minimum Gasteiger partial charge on any atom is -0.327 e. The highest BCUT2D eigenvalue weighted by atomic mass is 32.2. The second-order valence-electron chi connectivity index (χ2n) is 4.93. The van der Waals surface area contributed by atoms with Gasteiger partial charge in [0.1, 0.15) is 0 Å². The van der Waals surface area contributed by atoms with Crippen LogP contribution in [0.2, 0.25) is 0 Å². The third-order valence-electron chi connectivity index (χ3n) is 3.33. The van der Waals surface area contributed by atoms with Crippen LogP contribution in [0.1, 0.15) is 57.8 Å². The lowest BCUT2D eigenvalue weighted by Gasteiger charge is -2.14. The summed E-state index contributed by atoms with van der Waals surface area (Å²) in [4.78, 5) is 0. The van der Waals surface area contributed by atoms with E-state index in [1.807, 2.05) is 6.08 Å². The van der Waals surface area contributed by atoms with Crippen molar-refractivity contribution in [3.8, 4) is 0 Å². The molecular formula is C14H27NS. The van der Waals surface area contributed by atoms with Gasteiger partial charge in [0.15, 0.2) is 0 Å². The summed E-state index contributed by atoms with van der Waals surface area (Å²) in [6.07, 6.45) is 14.0. The van der Waals surface area contributed by atoms with Gasteiger partial charge < -0.3 is 5.73 Å². The molecule has 1 nitrogen and oxygen atoms in total. The fourth-order valence-electron chi connectivity index (χ4n) is 2.27. The molecule has 2 heteroatoms. The van der Waals surface area contributed by atoms with Gasteiger partial charge in [-0.25, -0.2) is 0 Å². The molecule has 0 spiro atoms. The quantitative estimate of drug-likeness (QED) is 0.485. The predicted molar refractivity (Wildman–Crippen MR) is 76.0 cm³/mol. The first-order valence-electron chi connectivity index (χ1n) is 6.81. The van der Waals surface area contributed by atoms with Crippen molar-refractivity contribution in [1.29, 1.82) is 0 Å². The van der Waals surface area contributed by atoms with Crippen LogP contribution in [0.15, 0.2) is 12.7 Å². The van der Waals surface area contributed by atoms with E-state index in [9.17, 15) is 0 Å². The summed E-state index contributed by atoms with van der Waals surface area (Å²) >= 11 is 2.12. The van der Waals surface area contributed by atoms with Crippen molar-refractivity contribution in [2.45, 2.75) is 69.1 Å².